The number of benzene rings is 2. The van der Waals surface area contributed by atoms with Crippen LogP contribution < -0.4 is 30.0 Å². The maximum absolute atomic E-state index is 13.1. The van der Waals surface area contributed by atoms with Gasteiger partial charge >= 0.3 is 6.09 Å². The van der Waals surface area contributed by atoms with Crippen LogP contribution in [0.3, 0.4) is 0 Å². The van der Waals surface area contributed by atoms with Gasteiger partial charge in [0.05, 0.1) is 13.2 Å². The first-order valence-electron chi connectivity index (χ1n) is 18.7. The molecule has 2 heterocycles. The highest BCUT2D eigenvalue weighted by molar-refractivity contribution is 7.90. The molecule has 5 N–H and O–H groups in total. The zero-order valence-electron chi connectivity index (χ0n) is 32.0. The summed E-state index contributed by atoms with van der Waals surface area (Å²) in [7, 11) is -8.23. The summed E-state index contributed by atoms with van der Waals surface area (Å²) in [5.41, 5.74) is 2.80. The Morgan fingerprint density at radius 1 is 0.750 bits per heavy atom. The van der Waals surface area contributed by atoms with Crippen LogP contribution >= 0.6 is 12.4 Å². The van der Waals surface area contributed by atoms with E-state index in [2.05, 4.69) is 14.8 Å². The van der Waals surface area contributed by atoms with Crippen LogP contribution in [-0.4, -0.2) is 64.6 Å². The summed E-state index contributed by atoms with van der Waals surface area (Å²) in [6.45, 7) is 5.97. The number of hydrogen-bond acceptors (Lipinski definition) is 11. The molecule has 6 rings (SSSR count). The van der Waals surface area contributed by atoms with E-state index in [9.17, 15) is 31.2 Å². The Balaban J connectivity index is 0.000000252. The maximum atomic E-state index is 13.1. The van der Waals surface area contributed by atoms with Crippen LogP contribution in [0.5, 0.6) is 11.5 Å². The first kappa shape index (κ1) is 44.6. The van der Waals surface area contributed by atoms with Crippen molar-refractivity contribution < 1.29 is 45.4 Å². The molecule has 3 amide bonds. The van der Waals surface area contributed by atoms with Gasteiger partial charge in [-0.25, -0.2) is 31.1 Å². The number of allylic oxidation sites excluding steroid dienone is 2. The van der Waals surface area contributed by atoms with E-state index in [0.717, 1.165) is 51.4 Å². The fourth-order valence-electron chi connectivity index (χ4n) is 6.36. The van der Waals surface area contributed by atoms with Crippen LogP contribution in [0.4, 0.5) is 4.79 Å². The van der Waals surface area contributed by atoms with E-state index in [1.54, 1.807) is 57.2 Å². The molecule has 0 unspecified atom stereocenters. The Labute approximate surface area is 335 Å². The molecule has 4 aliphatic rings. The maximum Gasteiger partial charge on any atom is 0.408 e. The number of para-hydroxylation sites is 2. The number of ether oxygens (including phenoxy) is 3. The number of hydrogen-bond donors (Lipinski definition) is 4. The van der Waals surface area contributed by atoms with Gasteiger partial charge in [-0.05, 0) is 109 Å². The van der Waals surface area contributed by atoms with Gasteiger partial charge in [0.1, 0.15) is 38.0 Å². The normalized spacial score (nSPS) is 28.4. The van der Waals surface area contributed by atoms with Crippen molar-refractivity contribution in [3.05, 3.63) is 72.8 Å². The molecular weight excluding hydrogens is 784 g/mol. The third-order valence-corrected chi connectivity index (χ3v) is 12.4. The average molecular weight is 837 g/mol. The SMILES string of the molecule is CC(C)(C)OC(=O)N[C@]12C[C@H]1/C=C\CCCCCOc1ccccc1S(=O)(=O)NC2=O.Cl.N[C@]12C[C@H]1/C=C\CCCCCOc1ccccc1S(=O)(=O)NC2=O. The lowest BCUT2D eigenvalue weighted by Crippen LogP contribution is -2.52. The number of halogens is 1. The topological polar surface area (TPSA) is 209 Å². The molecule has 0 aromatic heterocycles. The predicted molar refractivity (Wildman–Crippen MR) is 212 cm³/mol. The summed E-state index contributed by atoms with van der Waals surface area (Å²) in [5, 5.41) is 2.61. The second kappa shape index (κ2) is 18.4. The second-order valence-electron chi connectivity index (χ2n) is 15.3. The van der Waals surface area contributed by atoms with E-state index in [-0.39, 0.29) is 45.5 Å². The standard InChI is InChI=1S/C22H30N2O6S.C17H22N2O4S.ClH/c1-21(2,3)30-20(26)23-22-15-16(22)11-7-5-4-6-10-14-29-17-12-8-9-13-18(17)31(27,28)24-19(22)25;18-17-12-13(17)8-4-2-1-3-7-11-23-14-9-5-6-10-15(14)24(21,22)19-16(17)20;/h7-9,11-13,16H,4-6,10,14-15H2,1-3H3,(H,23,26)(H,24,25);4-6,8-10,13H,1-3,7,11-12,18H2,(H,19,20);1H/b11-7-;8-4-;/t16-,22-;13-,17-;/m11./s1. The van der Waals surface area contributed by atoms with Crippen LogP contribution in [0.1, 0.15) is 85.0 Å². The van der Waals surface area contributed by atoms with Crippen molar-refractivity contribution in [2.24, 2.45) is 17.6 Å². The average Bonchev–Trinajstić information content (AvgIpc) is 4.00. The largest absolute Gasteiger partial charge is 0.492 e. The second-order valence-corrected chi connectivity index (χ2v) is 18.6. The minimum absolute atomic E-state index is 0. The zero-order valence-corrected chi connectivity index (χ0v) is 34.4. The van der Waals surface area contributed by atoms with Gasteiger partial charge in [0.25, 0.3) is 31.9 Å². The molecule has 0 bridgehead atoms. The Kier molecular flexibility index (Phi) is 14.7. The molecule has 17 heteroatoms. The molecule has 2 aliphatic carbocycles. The number of carbonyl (C=O) groups is 3. The van der Waals surface area contributed by atoms with Gasteiger partial charge in [-0.3, -0.25) is 9.59 Å². The van der Waals surface area contributed by atoms with Gasteiger partial charge in [-0.15, -0.1) is 12.4 Å². The number of nitrogens with two attached hydrogens (primary N) is 1. The number of sulfonamides is 2. The number of carbonyl (C=O) groups excluding carboxylic acids is 3. The Bertz CT molecular complexity index is 2020. The van der Waals surface area contributed by atoms with Crippen molar-refractivity contribution in [1.82, 2.24) is 14.8 Å². The molecule has 14 nitrogen and oxygen atoms in total. The summed E-state index contributed by atoms with van der Waals surface area (Å²) >= 11 is 0. The Morgan fingerprint density at radius 2 is 1.23 bits per heavy atom. The van der Waals surface area contributed by atoms with Crippen LogP contribution in [0.25, 0.3) is 0 Å². The van der Waals surface area contributed by atoms with Crippen LogP contribution in [-0.2, 0) is 34.4 Å². The van der Waals surface area contributed by atoms with E-state index >= 15 is 0 Å². The lowest BCUT2D eigenvalue weighted by Gasteiger charge is -2.23. The van der Waals surface area contributed by atoms with E-state index < -0.39 is 54.6 Å². The van der Waals surface area contributed by atoms with Crippen molar-refractivity contribution in [1.29, 1.82) is 0 Å². The summed E-state index contributed by atoms with van der Waals surface area (Å²) in [6, 6.07) is 12.5. The molecule has 2 saturated carbocycles. The highest BCUT2D eigenvalue weighted by atomic mass is 35.5. The zero-order chi connectivity index (χ0) is 39.9. The molecule has 4 atom stereocenters. The van der Waals surface area contributed by atoms with Crippen LogP contribution in [0.2, 0.25) is 0 Å². The minimum Gasteiger partial charge on any atom is -0.492 e. The molecule has 2 aromatic carbocycles. The molecule has 2 aromatic rings. The lowest BCUT2D eigenvalue weighted by atomic mass is 10.1. The van der Waals surface area contributed by atoms with Gasteiger partial charge in [0, 0.05) is 11.8 Å². The monoisotopic (exact) mass is 836 g/mol. The molecule has 0 spiro atoms. The van der Waals surface area contributed by atoms with Gasteiger partial charge in [-0.2, -0.15) is 0 Å². The van der Waals surface area contributed by atoms with Crippen LogP contribution in [0, 0.1) is 11.8 Å². The summed E-state index contributed by atoms with van der Waals surface area (Å²) in [5.74, 6) is -1.43. The number of nitrogens with one attached hydrogen (secondary N) is 3. The number of amides is 3. The highest BCUT2D eigenvalue weighted by Crippen LogP contribution is 2.46. The Hall–Kier alpha value is -4.12. The fourth-order valence-corrected chi connectivity index (χ4v) is 8.74. The van der Waals surface area contributed by atoms with E-state index in [1.165, 1.54) is 12.1 Å². The van der Waals surface area contributed by atoms with Crippen molar-refractivity contribution in [2.75, 3.05) is 13.2 Å². The molecular formula is C39H53ClN4O10S2. The first-order valence-corrected chi connectivity index (χ1v) is 21.6. The molecule has 2 fully saturated rings. The van der Waals surface area contributed by atoms with Crippen molar-refractivity contribution in [3.8, 4) is 11.5 Å². The third kappa shape index (κ3) is 11.5. The number of alkyl carbamates (subject to hydrolysis) is 1. The quantitative estimate of drug-likeness (QED) is 0.267. The smallest absolute Gasteiger partial charge is 0.408 e. The molecule has 0 radical (unpaired) electrons. The van der Waals surface area contributed by atoms with Crippen molar-refractivity contribution in [3.63, 3.8) is 0 Å². The lowest BCUT2D eigenvalue weighted by molar-refractivity contribution is -0.123. The summed E-state index contributed by atoms with van der Waals surface area (Å²) in [4.78, 5) is 37.7. The van der Waals surface area contributed by atoms with Gasteiger partial charge in [0.15, 0.2) is 0 Å². The predicted octanol–water partition coefficient (Wildman–Crippen LogP) is 5.42. The van der Waals surface area contributed by atoms with Gasteiger partial charge in [-0.1, -0.05) is 48.6 Å². The van der Waals surface area contributed by atoms with Crippen molar-refractivity contribution >= 4 is 50.4 Å². The number of rotatable bonds is 1. The number of fused-ring (bicyclic) bond motifs is 4. The first-order chi connectivity index (χ1) is 26.0. The fraction of sp³-hybridized carbons (Fsp3) is 0.513. The van der Waals surface area contributed by atoms with E-state index in [0.29, 0.717) is 26.1 Å². The van der Waals surface area contributed by atoms with Crippen molar-refractivity contribution in [2.45, 2.75) is 111 Å². The Morgan fingerprint density at radius 3 is 1.75 bits per heavy atom. The van der Waals surface area contributed by atoms with E-state index in [4.69, 9.17) is 19.9 Å². The van der Waals surface area contributed by atoms with Crippen LogP contribution in [0.15, 0.2) is 82.6 Å². The summed E-state index contributed by atoms with van der Waals surface area (Å²) < 4.78 is 71.9. The van der Waals surface area contributed by atoms with Gasteiger partial charge in [0.2, 0.25) is 0 Å². The molecule has 308 valence electrons. The minimum atomic E-state index is -4.20. The molecule has 2 aliphatic heterocycles. The molecule has 0 saturated heterocycles. The van der Waals surface area contributed by atoms with E-state index in [1.807, 2.05) is 24.3 Å². The highest BCUT2D eigenvalue weighted by Gasteiger charge is 2.61. The van der Waals surface area contributed by atoms with Gasteiger partial charge < -0.3 is 25.3 Å². The molecule has 56 heavy (non-hydrogen) atoms. The summed E-state index contributed by atoms with van der Waals surface area (Å²) in [6.07, 6.45) is 15.1. The third-order valence-electron chi connectivity index (χ3n) is 9.64.